The van der Waals surface area contributed by atoms with E-state index in [1.807, 2.05) is 0 Å². The van der Waals surface area contributed by atoms with Crippen LogP contribution in [0.4, 0.5) is 0 Å². The number of β-amino-alcohol motifs (C(OH)–C–C–N with tert-alkyl or cyclic N) is 2. The van der Waals surface area contributed by atoms with Crippen LogP contribution in [-0.4, -0.2) is 81.1 Å². The zero-order valence-corrected chi connectivity index (χ0v) is 7.82. The first-order valence-electron chi connectivity index (χ1n) is 4.61. The lowest BCUT2D eigenvalue weighted by Crippen LogP contribution is -2.62. The van der Waals surface area contributed by atoms with E-state index < -0.39 is 24.4 Å². The Hall–Kier alpha value is -0.240. The maximum atomic E-state index is 9.51. The fraction of sp³-hybridized carbons (Fsp3) is 1.00. The van der Waals surface area contributed by atoms with Crippen LogP contribution in [0.1, 0.15) is 0 Å². The zero-order chi connectivity index (χ0) is 10.7. The molecule has 4 atom stereocenters. The SMILES string of the molecule is OCCN1C[C@@H](O)[C@@H](O)[C@H](O)[C@H]1CO. The average molecular weight is 207 g/mol. The third-order valence-electron chi connectivity index (χ3n) is 2.60. The van der Waals surface area contributed by atoms with Crippen LogP contribution < -0.4 is 0 Å². The third-order valence-corrected chi connectivity index (χ3v) is 2.60. The smallest absolute Gasteiger partial charge is 0.109 e. The predicted octanol–water partition coefficient (Wildman–Crippen LogP) is -3.26. The Bertz CT molecular complexity index is 179. The van der Waals surface area contributed by atoms with Gasteiger partial charge in [-0.25, -0.2) is 0 Å². The molecule has 0 unspecified atom stereocenters. The van der Waals surface area contributed by atoms with Crippen LogP contribution in [0.5, 0.6) is 0 Å². The summed E-state index contributed by atoms with van der Waals surface area (Å²) in [7, 11) is 0. The van der Waals surface area contributed by atoms with Crippen molar-refractivity contribution in [3.63, 3.8) is 0 Å². The van der Waals surface area contributed by atoms with Gasteiger partial charge in [0.1, 0.15) is 12.2 Å². The average Bonchev–Trinajstić information content (AvgIpc) is 2.16. The molecule has 1 fully saturated rings. The minimum absolute atomic E-state index is 0.119. The van der Waals surface area contributed by atoms with Gasteiger partial charge >= 0.3 is 0 Å². The van der Waals surface area contributed by atoms with Crippen molar-refractivity contribution in [2.24, 2.45) is 0 Å². The highest BCUT2D eigenvalue weighted by Gasteiger charge is 2.40. The molecule has 1 rings (SSSR count). The maximum absolute atomic E-state index is 9.51. The highest BCUT2D eigenvalue weighted by Crippen LogP contribution is 2.18. The molecule has 0 aromatic carbocycles. The molecule has 6 nitrogen and oxygen atoms in total. The molecule has 14 heavy (non-hydrogen) atoms. The maximum Gasteiger partial charge on any atom is 0.109 e. The van der Waals surface area contributed by atoms with Crippen LogP contribution in [-0.2, 0) is 0 Å². The molecule has 0 aromatic rings. The molecule has 0 bridgehead atoms. The first kappa shape index (κ1) is 11.8. The van der Waals surface area contributed by atoms with Gasteiger partial charge in [-0.05, 0) is 0 Å². The van der Waals surface area contributed by atoms with E-state index in [4.69, 9.17) is 10.2 Å². The standard InChI is InChI=1S/C8H17NO5/c10-2-1-9-3-6(12)8(14)7(13)5(9)4-11/h5-8,10-14H,1-4H2/t5-,6-,7-,8-/m1/s1. The molecule has 5 N–H and O–H groups in total. The molecule has 1 heterocycles. The Morgan fingerprint density at radius 1 is 1.07 bits per heavy atom. The topological polar surface area (TPSA) is 104 Å². The minimum Gasteiger partial charge on any atom is -0.395 e. The van der Waals surface area contributed by atoms with Crippen molar-refractivity contribution in [2.45, 2.75) is 24.4 Å². The summed E-state index contributed by atoms with van der Waals surface area (Å²) in [4.78, 5) is 1.56. The molecule has 0 spiro atoms. The molecule has 1 saturated heterocycles. The van der Waals surface area contributed by atoms with Crippen molar-refractivity contribution < 1.29 is 25.5 Å². The summed E-state index contributed by atoms with van der Waals surface area (Å²) in [5.41, 5.74) is 0. The van der Waals surface area contributed by atoms with E-state index in [9.17, 15) is 15.3 Å². The quantitative estimate of drug-likeness (QED) is 0.333. The summed E-state index contributed by atoms with van der Waals surface area (Å²) in [6.07, 6.45) is -3.46. The van der Waals surface area contributed by atoms with Crippen molar-refractivity contribution in [3.8, 4) is 0 Å². The van der Waals surface area contributed by atoms with Crippen molar-refractivity contribution in [1.29, 1.82) is 0 Å². The summed E-state index contributed by atoms with van der Waals surface area (Å²) in [5.74, 6) is 0. The van der Waals surface area contributed by atoms with Gasteiger partial charge in [-0.1, -0.05) is 0 Å². The van der Waals surface area contributed by atoms with Crippen LogP contribution >= 0.6 is 0 Å². The highest BCUT2D eigenvalue weighted by atomic mass is 16.4. The number of hydrogen-bond acceptors (Lipinski definition) is 6. The summed E-state index contributed by atoms with van der Waals surface area (Å²) >= 11 is 0. The number of likely N-dealkylation sites (tertiary alicyclic amines) is 1. The Balaban J connectivity index is 2.66. The molecule has 0 aromatic heterocycles. The molecular weight excluding hydrogens is 190 g/mol. The summed E-state index contributed by atoms with van der Waals surface area (Å²) in [6.45, 7) is -0.0347. The lowest BCUT2D eigenvalue weighted by atomic mass is 9.94. The summed E-state index contributed by atoms with van der Waals surface area (Å²) in [6, 6.07) is -0.624. The molecule has 1 aliphatic rings. The van der Waals surface area contributed by atoms with E-state index in [1.54, 1.807) is 4.90 Å². The Morgan fingerprint density at radius 3 is 2.21 bits per heavy atom. The van der Waals surface area contributed by atoms with Crippen molar-refractivity contribution in [3.05, 3.63) is 0 Å². The van der Waals surface area contributed by atoms with Gasteiger partial charge < -0.3 is 25.5 Å². The van der Waals surface area contributed by atoms with Gasteiger partial charge in [0.05, 0.1) is 25.4 Å². The van der Waals surface area contributed by atoms with Gasteiger partial charge in [-0.3, -0.25) is 4.90 Å². The molecule has 0 aliphatic carbocycles. The molecule has 1 aliphatic heterocycles. The van der Waals surface area contributed by atoms with Crippen LogP contribution in [0.2, 0.25) is 0 Å². The van der Waals surface area contributed by atoms with E-state index in [0.29, 0.717) is 0 Å². The van der Waals surface area contributed by atoms with E-state index >= 15 is 0 Å². The Kier molecular flexibility index (Phi) is 4.24. The summed E-state index contributed by atoms with van der Waals surface area (Å²) in [5, 5.41) is 45.9. The van der Waals surface area contributed by atoms with E-state index in [1.165, 1.54) is 0 Å². The van der Waals surface area contributed by atoms with Crippen LogP contribution in [0.25, 0.3) is 0 Å². The Labute approximate surface area is 82.0 Å². The second-order valence-electron chi connectivity index (χ2n) is 3.52. The molecule has 0 radical (unpaired) electrons. The lowest BCUT2D eigenvalue weighted by molar-refractivity contribution is -0.146. The van der Waals surface area contributed by atoms with Gasteiger partial charge in [0.2, 0.25) is 0 Å². The number of piperidine rings is 1. The number of nitrogens with zero attached hydrogens (tertiary/aromatic N) is 1. The van der Waals surface area contributed by atoms with Gasteiger partial charge in [0.25, 0.3) is 0 Å². The molecule has 0 saturated carbocycles. The van der Waals surface area contributed by atoms with E-state index in [0.717, 1.165) is 0 Å². The van der Waals surface area contributed by atoms with Crippen LogP contribution in [0, 0.1) is 0 Å². The first-order chi connectivity index (χ1) is 6.61. The van der Waals surface area contributed by atoms with Crippen molar-refractivity contribution in [2.75, 3.05) is 26.3 Å². The number of aliphatic hydroxyl groups excluding tert-OH is 5. The predicted molar refractivity (Wildman–Crippen MR) is 47.6 cm³/mol. The third kappa shape index (κ3) is 2.22. The number of hydrogen-bond donors (Lipinski definition) is 5. The summed E-state index contributed by atoms with van der Waals surface area (Å²) < 4.78 is 0. The Morgan fingerprint density at radius 2 is 1.71 bits per heavy atom. The second-order valence-corrected chi connectivity index (χ2v) is 3.52. The normalized spacial score (nSPS) is 40.1. The monoisotopic (exact) mass is 207 g/mol. The fourth-order valence-corrected chi connectivity index (χ4v) is 1.76. The van der Waals surface area contributed by atoms with E-state index in [2.05, 4.69) is 0 Å². The number of aliphatic hydroxyl groups is 5. The zero-order valence-electron chi connectivity index (χ0n) is 7.82. The van der Waals surface area contributed by atoms with Gasteiger partial charge in [0.15, 0.2) is 0 Å². The molecule has 84 valence electrons. The first-order valence-corrected chi connectivity index (χ1v) is 4.61. The largest absolute Gasteiger partial charge is 0.395 e. The van der Waals surface area contributed by atoms with Crippen LogP contribution in [0.3, 0.4) is 0 Å². The molecular formula is C8H17NO5. The lowest BCUT2D eigenvalue weighted by Gasteiger charge is -2.42. The highest BCUT2D eigenvalue weighted by molar-refractivity contribution is 4.93. The van der Waals surface area contributed by atoms with Crippen molar-refractivity contribution >= 4 is 0 Å². The van der Waals surface area contributed by atoms with Crippen molar-refractivity contribution in [1.82, 2.24) is 4.90 Å². The van der Waals surface area contributed by atoms with Crippen LogP contribution in [0.15, 0.2) is 0 Å². The number of rotatable bonds is 3. The van der Waals surface area contributed by atoms with Gasteiger partial charge in [-0.2, -0.15) is 0 Å². The minimum atomic E-state index is -1.23. The fourth-order valence-electron chi connectivity index (χ4n) is 1.76. The van der Waals surface area contributed by atoms with Gasteiger partial charge in [0, 0.05) is 13.1 Å². The van der Waals surface area contributed by atoms with Gasteiger partial charge in [-0.15, -0.1) is 0 Å². The molecule has 6 heteroatoms. The van der Waals surface area contributed by atoms with E-state index in [-0.39, 0.29) is 26.3 Å². The second kappa shape index (κ2) is 5.01. The molecule has 0 amide bonds.